The topological polar surface area (TPSA) is 175 Å². The van der Waals surface area contributed by atoms with Gasteiger partial charge in [0, 0.05) is 35.2 Å². The molecule has 0 aromatic carbocycles. The SMILES string of the molecule is CC(OC(=O)C=Nc1nc(N=CC(=O)OC(C)C2CC(C)(C)N(O)C(C)(C)C2)nc(N2CCOCC2)n1)C1CC(C)(C)N(O)C(C)(C)C1. The molecule has 0 bridgehead atoms. The first kappa shape index (κ1) is 37.7. The Morgan fingerprint density at radius 2 is 1.08 bits per heavy atom. The number of morpholine rings is 1. The summed E-state index contributed by atoms with van der Waals surface area (Å²) in [6.45, 7) is 21.5. The van der Waals surface area contributed by atoms with Gasteiger partial charge in [0.2, 0.25) is 5.95 Å². The summed E-state index contributed by atoms with van der Waals surface area (Å²) in [5.74, 6) is -1.09. The van der Waals surface area contributed by atoms with Crippen molar-refractivity contribution in [2.24, 2.45) is 21.8 Å². The number of nitrogens with zero attached hydrogens (tertiary/aromatic N) is 8. The van der Waals surface area contributed by atoms with E-state index in [0.717, 1.165) is 12.4 Å². The molecule has 4 heterocycles. The second kappa shape index (κ2) is 14.4. The van der Waals surface area contributed by atoms with Gasteiger partial charge in [0.15, 0.2) is 0 Å². The van der Waals surface area contributed by atoms with E-state index in [1.165, 1.54) is 10.1 Å². The number of hydroxylamine groups is 4. The van der Waals surface area contributed by atoms with Crippen LogP contribution in [-0.4, -0.2) is 121 Å². The summed E-state index contributed by atoms with van der Waals surface area (Å²) < 4.78 is 16.9. The zero-order valence-corrected chi connectivity index (χ0v) is 30.1. The van der Waals surface area contributed by atoms with Crippen molar-refractivity contribution in [2.75, 3.05) is 31.2 Å². The number of rotatable bonds is 9. The Morgan fingerprint density at radius 3 is 1.44 bits per heavy atom. The van der Waals surface area contributed by atoms with Crippen LogP contribution < -0.4 is 4.90 Å². The van der Waals surface area contributed by atoms with Crippen LogP contribution in [0.3, 0.4) is 0 Å². The van der Waals surface area contributed by atoms with Crippen LogP contribution in [-0.2, 0) is 23.8 Å². The zero-order valence-electron chi connectivity index (χ0n) is 30.1. The molecule has 3 fully saturated rings. The molecule has 0 amide bonds. The molecule has 2 atom stereocenters. The molecule has 268 valence electrons. The molecule has 0 aliphatic carbocycles. The van der Waals surface area contributed by atoms with E-state index in [4.69, 9.17) is 14.2 Å². The Morgan fingerprint density at radius 1 is 0.729 bits per heavy atom. The quantitative estimate of drug-likeness (QED) is 0.281. The summed E-state index contributed by atoms with van der Waals surface area (Å²) in [6.07, 6.45) is 3.81. The fourth-order valence-electron chi connectivity index (χ4n) is 7.56. The third kappa shape index (κ3) is 9.11. The van der Waals surface area contributed by atoms with Crippen molar-refractivity contribution in [2.45, 2.75) is 129 Å². The van der Waals surface area contributed by atoms with Gasteiger partial charge in [-0.2, -0.15) is 25.1 Å². The molecule has 0 radical (unpaired) electrons. The van der Waals surface area contributed by atoms with Crippen molar-refractivity contribution >= 4 is 42.2 Å². The maximum atomic E-state index is 12.8. The van der Waals surface area contributed by atoms with E-state index in [0.29, 0.717) is 52.0 Å². The van der Waals surface area contributed by atoms with Crippen molar-refractivity contribution < 1.29 is 34.2 Å². The van der Waals surface area contributed by atoms with Gasteiger partial charge in [-0.1, -0.05) is 0 Å². The molecule has 3 aliphatic rings. The van der Waals surface area contributed by atoms with Gasteiger partial charge in [-0.3, -0.25) is 0 Å². The second-order valence-electron chi connectivity index (χ2n) is 15.8. The number of carbonyl (C=O) groups excluding carboxylic acids is 2. The Bertz CT molecular complexity index is 1250. The van der Waals surface area contributed by atoms with Crippen LogP contribution in [0.25, 0.3) is 0 Å². The molecule has 0 saturated carbocycles. The summed E-state index contributed by atoms with van der Waals surface area (Å²) in [4.78, 5) is 49.0. The normalized spacial score (nSPS) is 24.9. The van der Waals surface area contributed by atoms with Crippen LogP contribution in [0.15, 0.2) is 9.98 Å². The summed E-state index contributed by atoms with van der Waals surface area (Å²) in [5.41, 5.74) is -1.91. The van der Waals surface area contributed by atoms with E-state index in [1.807, 2.05) is 74.1 Å². The first-order valence-electron chi connectivity index (χ1n) is 16.8. The molecule has 2 unspecified atom stereocenters. The van der Waals surface area contributed by atoms with Gasteiger partial charge in [-0.25, -0.2) is 19.6 Å². The molecule has 15 nitrogen and oxygen atoms in total. The molecule has 3 saturated heterocycles. The number of piperidine rings is 2. The van der Waals surface area contributed by atoms with Crippen LogP contribution >= 0.6 is 0 Å². The van der Waals surface area contributed by atoms with Crippen LogP contribution in [0.2, 0.25) is 0 Å². The summed E-state index contributed by atoms with van der Waals surface area (Å²) >= 11 is 0. The number of aliphatic imine (C=N–C) groups is 2. The lowest BCUT2D eigenvalue weighted by Crippen LogP contribution is -2.60. The fourth-order valence-corrected chi connectivity index (χ4v) is 7.56. The highest BCUT2D eigenvalue weighted by molar-refractivity contribution is 6.24. The minimum atomic E-state index is -0.654. The lowest BCUT2D eigenvalue weighted by atomic mass is 9.73. The highest BCUT2D eigenvalue weighted by Gasteiger charge is 2.48. The van der Waals surface area contributed by atoms with Crippen molar-refractivity contribution in [1.82, 2.24) is 25.1 Å². The molecular formula is C33H54N8O7. The number of esters is 2. The molecule has 2 N–H and O–H groups in total. The molecule has 0 spiro atoms. The third-order valence-electron chi connectivity index (χ3n) is 9.74. The van der Waals surface area contributed by atoms with E-state index in [1.54, 1.807) is 0 Å². The number of anilines is 1. The predicted molar refractivity (Wildman–Crippen MR) is 179 cm³/mol. The van der Waals surface area contributed by atoms with Gasteiger partial charge in [-0.05, 0) is 107 Å². The summed E-state index contributed by atoms with van der Waals surface area (Å²) in [5, 5.41) is 24.0. The van der Waals surface area contributed by atoms with E-state index >= 15 is 0 Å². The second-order valence-corrected chi connectivity index (χ2v) is 15.8. The number of carbonyl (C=O) groups is 2. The van der Waals surface area contributed by atoms with Crippen LogP contribution in [0.5, 0.6) is 0 Å². The molecule has 4 rings (SSSR count). The molecular weight excluding hydrogens is 620 g/mol. The maximum Gasteiger partial charge on any atom is 0.349 e. The van der Waals surface area contributed by atoms with Crippen molar-refractivity contribution in [3.63, 3.8) is 0 Å². The number of hydrogen-bond donors (Lipinski definition) is 2. The molecule has 48 heavy (non-hydrogen) atoms. The predicted octanol–water partition coefficient (Wildman–Crippen LogP) is 4.29. The zero-order chi connectivity index (χ0) is 35.7. The highest BCUT2D eigenvalue weighted by atomic mass is 16.5. The van der Waals surface area contributed by atoms with Crippen molar-refractivity contribution in [3.8, 4) is 0 Å². The smallest absolute Gasteiger partial charge is 0.349 e. The van der Waals surface area contributed by atoms with Crippen molar-refractivity contribution in [3.05, 3.63) is 0 Å². The van der Waals surface area contributed by atoms with Crippen LogP contribution in [0.4, 0.5) is 17.8 Å². The Kier molecular flexibility index (Phi) is 11.3. The molecule has 15 heteroatoms. The molecule has 3 aliphatic heterocycles. The van der Waals surface area contributed by atoms with Gasteiger partial charge in [0.1, 0.15) is 24.6 Å². The van der Waals surface area contributed by atoms with E-state index in [-0.39, 0.29) is 29.7 Å². The standard InChI is InChI=1S/C33H54N8O7/c1-21(23-15-30(3,4)40(44)31(5,6)16-23)47-25(42)19-34-27-36-28(38-29(37-27)39-11-13-46-14-12-39)35-20-26(43)48-22(2)24-17-32(7,8)41(45)33(9,10)18-24/h19-24,44-45H,11-18H2,1-10H3. The van der Waals surface area contributed by atoms with Gasteiger partial charge >= 0.3 is 11.9 Å². The molecule has 1 aromatic heterocycles. The van der Waals surface area contributed by atoms with Gasteiger partial charge in [-0.15, -0.1) is 0 Å². The Balaban J connectivity index is 1.45. The largest absolute Gasteiger partial charge is 0.458 e. The highest BCUT2D eigenvalue weighted by Crippen LogP contribution is 2.43. The average molecular weight is 675 g/mol. The van der Waals surface area contributed by atoms with Crippen molar-refractivity contribution in [1.29, 1.82) is 0 Å². The molecule has 1 aromatic rings. The minimum Gasteiger partial charge on any atom is -0.458 e. The van der Waals surface area contributed by atoms with Gasteiger partial charge < -0.3 is 29.5 Å². The average Bonchev–Trinajstić information content (AvgIpc) is 3.00. The fraction of sp³-hybridized carbons (Fsp3) is 0.788. The monoisotopic (exact) mass is 674 g/mol. The van der Waals surface area contributed by atoms with Crippen LogP contribution in [0.1, 0.15) is 94.9 Å². The third-order valence-corrected chi connectivity index (χ3v) is 9.74. The number of ether oxygens (including phenoxy) is 3. The Labute approximate surface area is 283 Å². The lowest BCUT2D eigenvalue weighted by molar-refractivity contribution is -0.256. The first-order valence-corrected chi connectivity index (χ1v) is 16.8. The summed E-state index contributed by atoms with van der Waals surface area (Å²) in [7, 11) is 0. The van der Waals surface area contributed by atoms with E-state index < -0.39 is 46.3 Å². The summed E-state index contributed by atoms with van der Waals surface area (Å²) in [6, 6.07) is 0. The van der Waals surface area contributed by atoms with E-state index in [9.17, 15) is 20.0 Å². The first-order chi connectivity index (χ1) is 22.2. The van der Waals surface area contributed by atoms with Crippen LogP contribution in [0, 0.1) is 11.8 Å². The maximum absolute atomic E-state index is 12.8. The van der Waals surface area contributed by atoms with Gasteiger partial charge in [0.05, 0.1) is 13.2 Å². The Hall–Kier alpha value is -3.11. The van der Waals surface area contributed by atoms with Gasteiger partial charge in [0.25, 0.3) is 11.9 Å². The van der Waals surface area contributed by atoms with E-state index in [2.05, 4.69) is 24.9 Å². The number of hydrogen-bond acceptors (Lipinski definition) is 15. The minimum absolute atomic E-state index is 0.0322. The lowest BCUT2D eigenvalue weighted by Gasteiger charge is -2.52. The number of aromatic nitrogens is 3.